The van der Waals surface area contributed by atoms with Crippen molar-refractivity contribution >= 4 is 45.0 Å². The second-order valence-electron chi connectivity index (χ2n) is 5.23. The number of halogens is 4. The van der Waals surface area contributed by atoms with Gasteiger partial charge in [-0.15, -0.1) is 25.6 Å². The molecule has 0 saturated carbocycles. The van der Waals surface area contributed by atoms with E-state index in [0.717, 1.165) is 30.7 Å². The zero-order chi connectivity index (χ0) is 16.4. The average Bonchev–Trinajstić information content (AvgIpc) is 2.88. The van der Waals surface area contributed by atoms with E-state index in [-0.39, 0.29) is 30.0 Å². The van der Waals surface area contributed by atoms with Crippen molar-refractivity contribution in [3.05, 3.63) is 18.2 Å². The van der Waals surface area contributed by atoms with Gasteiger partial charge in [-0.25, -0.2) is 4.98 Å². The van der Waals surface area contributed by atoms with E-state index in [1.165, 1.54) is 18.2 Å². The van der Waals surface area contributed by atoms with Crippen molar-refractivity contribution in [2.24, 2.45) is 5.92 Å². The Balaban J connectivity index is 0.00000208. The van der Waals surface area contributed by atoms with Crippen LogP contribution in [0.4, 0.5) is 18.3 Å². The first-order chi connectivity index (χ1) is 10.9. The fourth-order valence-electron chi connectivity index (χ4n) is 2.44. The average molecular weight is 382 g/mol. The van der Waals surface area contributed by atoms with Crippen molar-refractivity contribution in [3.8, 4) is 5.75 Å². The molecule has 132 valence electrons. The largest absolute Gasteiger partial charge is 0.573 e. The van der Waals surface area contributed by atoms with Gasteiger partial charge in [-0.05, 0) is 31.5 Å². The Labute approximate surface area is 146 Å². The maximum Gasteiger partial charge on any atom is 0.573 e. The summed E-state index contributed by atoms with van der Waals surface area (Å²) in [5, 5.41) is 6.27. The summed E-state index contributed by atoms with van der Waals surface area (Å²) in [4.78, 5) is 16.4. The monoisotopic (exact) mass is 381 g/mol. The number of benzene rings is 1. The minimum Gasteiger partial charge on any atom is -0.406 e. The summed E-state index contributed by atoms with van der Waals surface area (Å²) < 4.78 is 41.1. The number of carbonyl (C=O) groups is 1. The van der Waals surface area contributed by atoms with Gasteiger partial charge in [-0.3, -0.25) is 4.79 Å². The van der Waals surface area contributed by atoms with Crippen LogP contribution in [-0.2, 0) is 4.79 Å². The van der Waals surface area contributed by atoms with Crippen molar-refractivity contribution in [1.29, 1.82) is 0 Å². The highest BCUT2D eigenvalue weighted by Gasteiger charge is 2.31. The van der Waals surface area contributed by atoms with Crippen molar-refractivity contribution in [1.82, 2.24) is 10.3 Å². The van der Waals surface area contributed by atoms with Crippen LogP contribution in [0.5, 0.6) is 5.75 Å². The molecule has 10 heteroatoms. The van der Waals surface area contributed by atoms with Gasteiger partial charge in [0.1, 0.15) is 5.75 Å². The number of aromatic nitrogens is 1. The van der Waals surface area contributed by atoms with Crippen LogP contribution in [0.2, 0.25) is 0 Å². The lowest BCUT2D eigenvalue weighted by Gasteiger charge is -2.21. The van der Waals surface area contributed by atoms with Gasteiger partial charge in [0.2, 0.25) is 5.91 Å². The van der Waals surface area contributed by atoms with Crippen LogP contribution in [0.3, 0.4) is 0 Å². The first-order valence-corrected chi connectivity index (χ1v) is 7.90. The van der Waals surface area contributed by atoms with Crippen LogP contribution in [0.1, 0.15) is 12.8 Å². The lowest BCUT2D eigenvalue weighted by atomic mass is 9.99. The first-order valence-electron chi connectivity index (χ1n) is 7.09. The predicted octanol–water partition coefficient (Wildman–Crippen LogP) is 3.55. The molecule has 1 aliphatic rings. The molecule has 0 radical (unpaired) electrons. The zero-order valence-corrected chi connectivity index (χ0v) is 14.0. The number of alkyl halides is 3. The SMILES string of the molecule is Cl.O=C(Nc1nc2ccc(OC(F)(F)F)cc2s1)C1CCCNC1. The molecule has 0 spiro atoms. The number of carbonyl (C=O) groups excluding carboxylic acids is 1. The van der Waals surface area contributed by atoms with Crippen molar-refractivity contribution in [2.45, 2.75) is 19.2 Å². The third-order valence-corrected chi connectivity index (χ3v) is 4.42. The Kier molecular flexibility index (Phi) is 5.89. The van der Waals surface area contributed by atoms with Crippen LogP contribution in [0.15, 0.2) is 18.2 Å². The number of thiazole rings is 1. The first kappa shape index (κ1) is 18.8. The molecule has 1 amide bonds. The topological polar surface area (TPSA) is 63.2 Å². The van der Waals surface area contributed by atoms with Gasteiger partial charge in [-0.1, -0.05) is 11.3 Å². The quantitative estimate of drug-likeness (QED) is 0.853. The summed E-state index contributed by atoms with van der Waals surface area (Å²) in [5.41, 5.74) is 0.515. The molecular formula is C14H15ClF3N3O2S. The van der Waals surface area contributed by atoms with Gasteiger partial charge in [0, 0.05) is 12.6 Å². The van der Waals surface area contributed by atoms with Crippen molar-refractivity contribution in [3.63, 3.8) is 0 Å². The molecule has 1 atom stereocenters. The number of hydrogen-bond acceptors (Lipinski definition) is 5. The smallest absolute Gasteiger partial charge is 0.406 e. The molecule has 2 aromatic rings. The maximum atomic E-state index is 12.2. The molecule has 1 unspecified atom stereocenters. The number of rotatable bonds is 3. The van der Waals surface area contributed by atoms with Crippen molar-refractivity contribution < 1.29 is 22.7 Å². The Morgan fingerprint density at radius 2 is 2.21 bits per heavy atom. The summed E-state index contributed by atoms with van der Waals surface area (Å²) >= 11 is 1.12. The Morgan fingerprint density at radius 3 is 2.88 bits per heavy atom. The van der Waals surface area contributed by atoms with E-state index in [2.05, 4.69) is 20.4 Å². The van der Waals surface area contributed by atoms with Gasteiger partial charge in [0.05, 0.1) is 16.1 Å². The molecule has 1 aromatic heterocycles. The van der Waals surface area contributed by atoms with Crippen LogP contribution in [0, 0.1) is 5.92 Å². The fraction of sp³-hybridized carbons (Fsp3) is 0.429. The maximum absolute atomic E-state index is 12.2. The molecule has 1 fully saturated rings. The molecule has 5 nitrogen and oxygen atoms in total. The van der Waals surface area contributed by atoms with Crippen molar-refractivity contribution in [2.75, 3.05) is 18.4 Å². The highest BCUT2D eigenvalue weighted by Crippen LogP contribution is 2.31. The van der Waals surface area contributed by atoms with E-state index in [4.69, 9.17) is 0 Å². The molecule has 1 aromatic carbocycles. The molecule has 1 saturated heterocycles. The van der Waals surface area contributed by atoms with Gasteiger partial charge in [0.25, 0.3) is 0 Å². The molecule has 1 aliphatic heterocycles. The van der Waals surface area contributed by atoms with E-state index in [1.54, 1.807) is 0 Å². The number of nitrogens with one attached hydrogen (secondary N) is 2. The lowest BCUT2D eigenvalue weighted by molar-refractivity contribution is -0.274. The standard InChI is InChI=1S/C14H14F3N3O2S.ClH/c15-14(16,17)22-9-3-4-10-11(6-9)23-13(19-10)20-12(21)8-2-1-5-18-7-8;/h3-4,6,8,18H,1-2,5,7H2,(H,19,20,21);1H. The summed E-state index contributed by atoms with van der Waals surface area (Å²) in [5.74, 6) is -0.536. The summed E-state index contributed by atoms with van der Waals surface area (Å²) in [6.45, 7) is 1.53. The summed E-state index contributed by atoms with van der Waals surface area (Å²) in [6, 6.07) is 3.90. The summed E-state index contributed by atoms with van der Waals surface area (Å²) in [7, 11) is 0. The zero-order valence-electron chi connectivity index (χ0n) is 12.4. The molecular weight excluding hydrogens is 367 g/mol. The lowest BCUT2D eigenvalue weighted by Crippen LogP contribution is -2.37. The van der Waals surface area contributed by atoms with E-state index in [1.807, 2.05) is 0 Å². The minimum absolute atomic E-state index is 0. The number of anilines is 1. The number of piperidine rings is 1. The second kappa shape index (κ2) is 7.54. The van der Waals surface area contributed by atoms with E-state index < -0.39 is 6.36 Å². The van der Waals surface area contributed by atoms with Gasteiger partial charge >= 0.3 is 6.36 Å². The number of ether oxygens (including phenoxy) is 1. The van der Waals surface area contributed by atoms with E-state index in [9.17, 15) is 18.0 Å². The number of hydrogen-bond donors (Lipinski definition) is 2. The molecule has 0 aliphatic carbocycles. The third-order valence-electron chi connectivity index (χ3n) is 3.49. The van der Waals surface area contributed by atoms with Crippen LogP contribution >= 0.6 is 23.7 Å². The Bertz CT molecular complexity index is 717. The minimum atomic E-state index is -4.73. The highest BCUT2D eigenvalue weighted by molar-refractivity contribution is 7.22. The van der Waals surface area contributed by atoms with E-state index in [0.29, 0.717) is 21.9 Å². The Morgan fingerprint density at radius 1 is 1.42 bits per heavy atom. The van der Waals surface area contributed by atoms with Gasteiger partial charge in [0.15, 0.2) is 5.13 Å². The Hall–Kier alpha value is -1.58. The number of nitrogens with zero attached hydrogens (tertiary/aromatic N) is 1. The second-order valence-corrected chi connectivity index (χ2v) is 6.26. The molecule has 3 rings (SSSR count). The normalized spacial score (nSPS) is 18.0. The third kappa shape index (κ3) is 4.71. The van der Waals surface area contributed by atoms with Crippen LogP contribution in [0.25, 0.3) is 10.2 Å². The predicted molar refractivity (Wildman–Crippen MR) is 87.8 cm³/mol. The molecule has 2 N–H and O–H groups in total. The van der Waals surface area contributed by atoms with Crippen LogP contribution < -0.4 is 15.4 Å². The molecule has 0 bridgehead atoms. The van der Waals surface area contributed by atoms with Crippen LogP contribution in [-0.4, -0.2) is 30.3 Å². The number of amides is 1. The van der Waals surface area contributed by atoms with Gasteiger partial charge in [-0.2, -0.15) is 0 Å². The number of fused-ring (bicyclic) bond motifs is 1. The molecule has 2 heterocycles. The highest BCUT2D eigenvalue weighted by atomic mass is 35.5. The van der Waals surface area contributed by atoms with Gasteiger partial charge < -0.3 is 15.4 Å². The molecule has 24 heavy (non-hydrogen) atoms. The summed E-state index contributed by atoms with van der Waals surface area (Å²) in [6.07, 6.45) is -2.98. The van der Waals surface area contributed by atoms with E-state index >= 15 is 0 Å². The fourth-order valence-corrected chi connectivity index (χ4v) is 3.34.